The maximum atomic E-state index is 14.7. The molecule has 1 atom stereocenters. The minimum absolute atomic E-state index is 0.0792. The Morgan fingerprint density at radius 2 is 1.53 bits per heavy atom. The van der Waals surface area contributed by atoms with E-state index in [4.69, 9.17) is 4.74 Å². The number of hydrogen-bond donors (Lipinski definition) is 1. The lowest BCUT2D eigenvalue weighted by Crippen LogP contribution is -2.30. The van der Waals surface area contributed by atoms with Gasteiger partial charge in [-0.05, 0) is 67.9 Å². The molecule has 1 N–H and O–H groups in total. The van der Waals surface area contributed by atoms with Crippen LogP contribution in [0.15, 0.2) is 72.3 Å². The molecular weight excluding hydrogens is 447 g/mol. The second kappa shape index (κ2) is 9.05. The van der Waals surface area contributed by atoms with Crippen molar-refractivity contribution in [2.24, 2.45) is 0 Å². The Balaban J connectivity index is 1.89. The molecule has 0 aromatic heterocycles. The van der Waals surface area contributed by atoms with Crippen molar-refractivity contribution in [3.63, 3.8) is 0 Å². The van der Waals surface area contributed by atoms with E-state index in [1.54, 1.807) is 12.1 Å². The number of hydrogen-bond acceptors (Lipinski definition) is 4. The van der Waals surface area contributed by atoms with Crippen LogP contribution in [0.2, 0.25) is 0 Å². The Morgan fingerprint density at radius 3 is 2.15 bits per heavy atom. The zero-order valence-electron chi connectivity index (χ0n) is 18.3. The van der Waals surface area contributed by atoms with E-state index in [9.17, 15) is 27.9 Å². The molecule has 1 amide bonds. The van der Waals surface area contributed by atoms with Crippen molar-refractivity contribution in [2.75, 3.05) is 4.90 Å². The van der Waals surface area contributed by atoms with Crippen molar-refractivity contribution < 1.29 is 32.6 Å². The number of anilines is 1. The molecular formula is C26H20F3NO4. The summed E-state index contributed by atoms with van der Waals surface area (Å²) < 4.78 is 47.8. The average molecular weight is 467 g/mol. The molecule has 1 saturated heterocycles. The second-order valence-corrected chi connectivity index (χ2v) is 8.01. The molecule has 0 aliphatic carbocycles. The molecule has 1 heterocycles. The van der Waals surface area contributed by atoms with Gasteiger partial charge >= 0.3 is 0 Å². The van der Waals surface area contributed by atoms with Gasteiger partial charge in [0.15, 0.2) is 0 Å². The van der Waals surface area contributed by atoms with E-state index in [0.717, 1.165) is 35.2 Å². The lowest BCUT2D eigenvalue weighted by molar-refractivity contribution is -0.132. The van der Waals surface area contributed by atoms with Crippen LogP contribution in [0.1, 0.15) is 31.0 Å². The SMILES string of the molecule is CC(C)Oc1ccc(/C(O)=C2\C(=O)C(=O)N(c3cc(F)ccc3F)C2c2ccc(F)cc2)cc1. The van der Waals surface area contributed by atoms with Gasteiger partial charge in [-0.2, -0.15) is 0 Å². The van der Waals surface area contributed by atoms with Crippen LogP contribution in [0.25, 0.3) is 5.76 Å². The van der Waals surface area contributed by atoms with E-state index in [2.05, 4.69) is 0 Å². The van der Waals surface area contributed by atoms with Crippen LogP contribution in [0.4, 0.5) is 18.9 Å². The fourth-order valence-electron chi connectivity index (χ4n) is 3.83. The van der Waals surface area contributed by atoms with Gasteiger partial charge < -0.3 is 9.84 Å². The normalized spacial score (nSPS) is 17.5. The van der Waals surface area contributed by atoms with Gasteiger partial charge in [-0.15, -0.1) is 0 Å². The lowest BCUT2D eigenvalue weighted by atomic mass is 9.95. The Kier molecular flexibility index (Phi) is 6.15. The largest absolute Gasteiger partial charge is 0.507 e. The minimum atomic E-state index is -1.32. The third-order valence-electron chi connectivity index (χ3n) is 5.30. The third kappa shape index (κ3) is 4.26. The van der Waals surface area contributed by atoms with Crippen LogP contribution in [-0.2, 0) is 9.59 Å². The Hall–Kier alpha value is -4.07. The molecule has 0 bridgehead atoms. The maximum absolute atomic E-state index is 14.7. The Morgan fingerprint density at radius 1 is 0.912 bits per heavy atom. The second-order valence-electron chi connectivity index (χ2n) is 8.01. The molecule has 5 nitrogen and oxygen atoms in total. The number of amides is 1. The van der Waals surface area contributed by atoms with Crippen molar-refractivity contribution in [1.82, 2.24) is 0 Å². The predicted octanol–water partition coefficient (Wildman–Crippen LogP) is 5.52. The number of rotatable bonds is 5. The van der Waals surface area contributed by atoms with Gasteiger partial charge in [0.1, 0.15) is 29.0 Å². The number of halogens is 3. The van der Waals surface area contributed by atoms with Crippen molar-refractivity contribution >= 4 is 23.1 Å². The zero-order chi connectivity index (χ0) is 24.6. The molecule has 3 aromatic carbocycles. The number of Topliss-reactive ketones (excluding diaryl/α,β-unsaturated/α-hetero) is 1. The summed E-state index contributed by atoms with van der Waals surface area (Å²) in [6.07, 6.45) is -0.0792. The minimum Gasteiger partial charge on any atom is -0.507 e. The molecule has 8 heteroatoms. The van der Waals surface area contributed by atoms with Crippen LogP contribution in [0.3, 0.4) is 0 Å². The van der Waals surface area contributed by atoms with Crippen molar-refractivity contribution in [2.45, 2.75) is 26.0 Å². The molecule has 1 fully saturated rings. The van der Waals surface area contributed by atoms with Crippen LogP contribution in [0, 0.1) is 17.5 Å². The summed E-state index contributed by atoms with van der Waals surface area (Å²) in [5.74, 6) is -4.55. The Labute approximate surface area is 193 Å². The summed E-state index contributed by atoms with van der Waals surface area (Å²) >= 11 is 0. The highest BCUT2D eigenvalue weighted by atomic mass is 19.1. The fourth-order valence-corrected chi connectivity index (χ4v) is 3.83. The molecule has 1 unspecified atom stereocenters. The highest BCUT2D eigenvalue weighted by Crippen LogP contribution is 2.43. The van der Waals surface area contributed by atoms with Gasteiger partial charge in [0, 0.05) is 11.6 Å². The number of ketones is 1. The van der Waals surface area contributed by atoms with E-state index in [0.29, 0.717) is 5.75 Å². The number of nitrogens with zero attached hydrogens (tertiary/aromatic N) is 1. The first-order valence-electron chi connectivity index (χ1n) is 10.5. The topological polar surface area (TPSA) is 66.8 Å². The first kappa shape index (κ1) is 23.1. The standard InChI is InChI=1S/C26H20F3NO4/c1-14(2)34-19-10-5-16(6-11-19)24(31)22-23(15-3-7-17(27)8-4-15)30(26(33)25(22)32)21-13-18(28)9-12-20(21)29/h3-14,23,31H,1-2H3/b24-22+. The lowest BCUT2D eigenvalue weighted by Gasteiger charge is -2.25. The van der Waals surface area contributed by atoms with Crippen LogP contribution in [0.5, 0.6) is 5.75 Å². The predicted molar refractivity (Wildman–Crippen MR) is 120 cm³/mol. The first-order chi connectivity index (χ1) is 16.2. The van der Waals surface area contributed by atoms with Crippen molar-refractivity contribution in [1.29, 1.82) is 0 Å². The van der Waals surface area contributed by atoms with E-state index in [-0.39, 0.29) is 22.8 Å². The monoisotopic (exact) mass is 467 g/mol. The van der Waals surface area contributed by atoms with Gasteiger partial charge in [0.25, 0.3) is 11.7 Å². The van der Waals surface area contributed by atoms with Crippen LogP contribution >= 0.6 is 0 Å². The number of ether oxygens (including phenoxy) is 1. The summed E-state index contributed by atoms with van der Waals surface area (Å²) in [6.45, 7) is 3.70. The van der Waals surface area contributed by atoms with E-state index in [1.807, 2.05) is 13.8 Å². The van der Waals surface area contributed by atoms with Crippen molar-refractivity contribution in [3.8, 4) is 5.75 Å². The summed E-state index contributed by atoms with van der Waals surface area (Å²) in [5.41, 5.74) is -0.375. The first-order valence-corrected chi connectivity index (χ1v) is 10.5. The number of benzene rings is 3. The molecule has 4 rings (SSSR count). The quantitative estimate of drug-likeness (QED) is 0.305. The van der Waals surface area contributed by atoms with E-state index >= 15 is 0 Å². The van der Waals surface area contributed by atoms with E-state index in [1.165, 1.54) is 24.3 Å². The third-order valence-corrected chi connectivity index (χ3v) is 5.30. The van der Waals surface area contributed by atoms with Crippen molar-refractivity contribution in [3.05, 3.63) is 101 Å². The van der Waals surface area contributed by atoms with Crippen LogP contribution in [-0.4, -0.2) is 22.9 Å². The van der Waals surface area contributed by atoms with E-state index < -0.39 is 46.6 Å². The molecule has 34 heavy (non-hydrogen) atoms. The summed E-state index contributed by atoms with van der Waals surface area (Å²) in [5, 5.41) is 11.1. The molecule has 0 radical (unpaired) electrons. The highest BCUT2D eigenvalue weighted by molar-refractivity contribution is 6.51. The summed E-state index contributed by atoms with van der Waals surface area (Å²) in [4.78, 5) is 26.8. The molecule has 1 aliphatic heterocycles. The molecule has 174 valence electrons. The van der Waals surface area contributed by atoms with Gasteiger partial charge in [-0.1, -0.05) is 12.1 Å². The average Bonchev–Trinajstić information content (AvgIpc) is 3.06. The highest BCUT2D eigenvalue weighted by Gasteiger charge is 2.47. The summed E-state index contributed by atoms with van der Waals surface area (Å²) in [7, 11) is 0. The fraction of sp³-hybridized carbons (Fsp3) is 0.154. The molecule has 3 aromatic rings. The summed E-state index contributed by atoms with van der Waals surface area (Å²) in [6, 6.07) is 12.2. The molecule has 0 saturated carbocycles. The van der Waals surface area contributed by atoms with Gasteiger partial charge in [0.05, 0.1) is 23.4 Å². The number of carbonyl (C=O) groups excluding carboxylic acids is 2. The Bertz CT molecular complexity index is 1280. The smallest absolute Gasteiger partial charge is 0.300 e. The zero-order valence-corrected chi connectivity index (χ0v) is 18.3. The molecule has 0 spiro atoms. The molecule has 1 aliphatic rings. The number of aliphatic hydroxyl groups excluding tert-OH is 1. The van der Waals surface area contributed by atoms with Gasteiger partial charge in [-0.25, -0.2) is 13.2 Å². The number of aliphatic hydroxyl groups is 1. The maximum Gasteiger partial charge on any atom is 0.300 e. The van der Waals surface area contributed by atoms with Gasteiger partial charge in [0.2, 0.25) is 0 Å². The van der Waals surface area contributed by atoms with Crippen LogP contribution < -0.4 is 9.64 Å². The van der Waals surface area contributed by atoms with Gasteiger partial charge in [-0.3, -0.25) is 14.5 Å². The number of carbonyl (C=O) groups is 2.